The molecule has 2 aliphatic heterocycles. The maximum Gasteiger partial charge on any atom is 0.0520 e. The fourth-order valence-corrected chi connectivity index (χ4v) is 1.57. The molecule has 0 radical (unpaired) electrons. The minimum atomic E-state index is 0.904. The molecule has 2 saturated heterocycles. The predicted octanol–water partition coefficient (Wildman–Crippen LogP) is 0.194. The molecule has 0 N–H and O–H groups in total. The monoisotopic (exact) mass is 127 g/mol. The second kappa shape index (κ2) is 1.96. The van der Waals surface area contributed by atoms with Gasteiger partial charge in [-0.05, 0) is 13.0 Å². The van der Waals surface area contributed by atoms with Crippen molar-refractivity contribution in [3.8, 4) is 0 Å². The molecule has 0 aromatic carbocycles. The van der Waals surface area contributed by atoms with E-state index in [1.54, 1.807) is 0 Å². The van der Waals surface area contributed by atoms with Crippen molar-refractivity contribution in [2.24, 2.45) is 11.8 Å². The number of hydrogen-bond acceptors (Lipinski definition) is 2. The largest absolute Gasteiger partial charge is 0.381 e. The van der Waals surface area contributed by atoms with Gasteiger partial charge in [0.15, 0.2) is 0 Å². The third kappa shape index (κ3) is 0.864. The third-order valence-electron chi connectivity index (χ3n) is 2.42. The average Bonchev–Trinajstić information content (AvgIpc) is 1.57. The van der Waals surface area contributed by atoms with Crippen molar-refractivity contribution in [1.29, 1.82) is 0 Å². The van der Waals surface area contributed by atoms with Crippen LogP contribution < -0.4 is 0 Å². The van der Waals surface area contributed by atoms with Crippen LogP contribution in [0.2, 0.25) is 0 Å². The molecule has 0 atom stereocenters. The molecule has 0 amide bonds. The standard InChI is InChI=1S/C7H13NO/c1-8-2-6(3-8)7-4-9-5-7/h6-7H,2-5H2,1H3. The molecule has 0 spiro atoms. The Morgan fingerprint density at radius 3 is 2.22 bits per heavy atom. The first-order valence-corrected chi connectivity index (χ1v) is 3.62. The predicted molar refractivity (Wildman–Crippen MR) is 35.3 cm³/mol. The molecule has 0 aromatic heterocycles. The van der Waals surface area contributed by atoms with Gasteiger partial charge in [-0.15, -0.1) is 0 Å². The number of hydrogen-bond donors (Lipinski definition) is 0. The molecule has 2 rings (SSSR count). The van der Waals surface area contributed by atoms with Crippen molar-refractivity contribution >= 4 is 0 Å². The van der Waals surface area contributed by atoms with Crippen LogP contribution in [0, 0.1) is 11.8 Å². The molecule has 0 bridgehead atoms. The first-order valence-electron chi connectivity index (χ1n) is 3.62. The zero-order chi connectivity index (χ0) is 6.27. The Morgan fingerprint density at radius 2 is 1.89 bits per heavy atom. The van der Waals surface area contributed by atoms with Crippen molar-refractivity contribution in [3.05, 3.63) is 0 Å². The Bertz CT molecular complexity index is 105. The summed E-state index contributed by atoms with van der Waals surface area (Å²) in [6.07, 6.45) is 0. The minimum Gasteiger partial charge on any atom is -0.381 e. The van der Waals surface area contributed by atoms with E-state index in [0.717, 1.165) is 25.0 Å². The lowest BCUT2D eigenvalue weighted by Gasteiger charge is -2.44. The lowest BCUT2D eigenvalue weighted by Crippen LogP contribution is -2.52. The van der Waals surface area contributed by atoms with Crippen LogP contribution in [0.25, 0.3) is 0 Å². The highest BCUT2D eigenvalue weighted by Gasteiger charge is 2.35. The van der Waals surface area contributed by atoms with Crippen LogP contribution in [0.15, 0.2) is 0 Å². The summed E-state index contributed by atoms with van der Waals surface area (Å²) in [6, 6.07) is 0. The third-order valence-corrected chi connectivity index (χ3v) is 2.42. The Kier molecular flexibility index (Phi) is 1.24. The summed E-state index contributed by atoms with van der Waals surface area (Å²) in [7, 11) is 2.18. The highest BCUT2D eigenvalue weighted by molar-refractivity contribution is 4.85. The van der Waals surface area contributed by atoms with Gasteiger partial charge in [-0.1, -0.05) is 0 Å². The van der Waals surface area contributed by atoms with E-state index < -0.39 is 0 Å². The van der Waals surface area contributed by atoms with Crippen LogP contribution in [-0.2, 0) is 4.74 Å². The number of nitrogens with zero attached hydrogens (tertiary/aromatic N) is 1. The van der Waals surface area contributed by atoms with Crippen molar-refractivity contribution in [2.75, 3.05) is 33.4 Å². The maximum atomic E-state index is 5.11. The van der Waals surface area contributed by atoms with E-state index in [1.807, 2.05) is 0 Å². The van der Waals surface area contributed by atoms with Gasteiger partial charge < -0.3 is 9.64 Å². The fraction of sp³-hybridized carbons (Fsp3) is 1.00. The van der Waals surface area contributed by atoms with Gasteiger partial charge >= 0.3 is 0 Å². The van der Waals surface area contributed by atoms with Crippen molar-refractivity contribution in [1.82, 2.24) is 4.90 Å². The Hall–Kier alpha value is -0.0800. The molecular formula is C7H13NO. The summed E-state index contributed by atoms with van der Waals surface area (Å²) in [5.74, 6) is 1.87. The lowest BCUT2D eigenvalue weighted by atomic mass is 9.85. The van der Waals surface area contributed by atoms with E-state index in [9.17, 15) is 0 Å². The lowest BCUT2D eigenvalue weighted by molar-refractivity contribution is -0.0933. The molecule has 0 aromatic rings. The maximum absolute atomic E-state index is 5.11. The summed E-state index contributed by atoms with van der Waals surface area (Å²) < 4.78 is 5.11. The van der Waals surface area contributed by atoms with E-state index in [1.165, 1.54) is 13.1 Å². The summed E-state index contributed by atoms with van der Waals surface area (Å²) in [6.45, 7) is 4.65. The molecule has 0 unspecified atom stereocenters. The SMILES string of the molecule is CN1CC(C2COC2)C1. The normalized spacial score (nSPS) is 31.7. The molecule has 52 valence electrons. The van der Waals surface area contributed by atoms with Crippen LogP contribution in [0.5, 0.6) is 0 Å². The first kappa shape index (κ1) is 5.69. The smallest absolute Gasteiger partial charge is 0.0520 e. The summed E-state index contributed by atoms with van der Waals surface area (Å²) in [4.78, 5) is 2.36. The Morgan fingerprint density at radius 1 is 1.22 bits per heavy atom. The summed E-state index contributed by atoms with van der Waals surface area (Å²) >= 11 is 0. The van der Waals surface area contributed by atoms with Crippen molar-refractivity contribution < 1.29 is 4.74 Å². The van der Waals surface area contributed by atoms with Crippen LogP contribution in [-0.4, -0.2) is 38.3 Å². The molecule has 2 nitrogen and oxygen atoms in total. The molecule has 2 heterocycles. The van der Waals surface area contributed by atoms with Crippen molar-refractivity contribution in [2.45, 2.75) is 0 Å². The minimum absolute atomic E-state index is 0.904. The fourth-order valence-electron chi connectivity index (χ4n) is 1.57. The van der Waals surface area contributed by atoms with E-state index in [-0.39, 0.29) is 0 Å². The molecule has 2 heteroatoms. The number of likely N-dealkylation sites (tertiary alicyclic amines) is 1. The van der Waals surface area contributed by atoms with Gasteiger partial charge in [-0.25, -0.2) is 0 Å². The van der Waals surface area contributed by atoms with E-state index >= 15 is 0 Å². The van der Waals surface area contributed by atoms with Gasteiger partial charge in [-0.2, -0.15) is 0 Å². The summed E-state index contributed by atoms with van der Waals surface area (Å²) in [5.41, 5.74) is 0. The Balaban J connectivity index is 1.75. The number of ether oxygens (including phenoxy) is 1. The van der Waals surface area contributed by atoms with E-state index in [0.29, 0.717) is 0 Å². The van der Waals surface area contributed by atoms with E-state index in [2.05, 4.69) is 11.9 Å². The summed E-state index contributed by atoms with van der Waals surface area (Å²) in [5, 5.41) is 0. The highest BCUT2D eigenvalue weighted by Crippen LogP contribution is 2.27. The molecular weight excluding hydrogens is 114 g/mol. The number of rotatable bonds is 1. The highest BCUT2D eigenvalue weighted by atomic mass is 16.5. The Labute approximate surface area is 55.8 Å². The van der Waals surface area contributed by atoms with Gasteiger partial charge in [0.2, 0.25) is 0 Å². The molecule has 0 saturated carbocycles. The molecule has 2 aliphatic rings. The van der Waals surface area contributed by atoms with Crippen LogP contribution >= 0.6 is 0 Å². The molecule has 2 fully saturated rings. The van der Waals surface area contributed by atoms with Gasteiger partial charge in [0.05, 0.1) is 13.2 Å². The van der Waals surface area contributed by atoms with Crippen LogP contribution in [0.1, 0.15) is 0 Å². The zero-order valence-electron chi connectivity index (χ0n) is 5.84. The topological polar surface area (TPSA) is 12.5 Å². The van der Waals surface area contributed by atoms with Gasteiger partial charge in [0, 0.05) is 19.0 Å². The van der Waals surface area contributed by atoms with Gasteiger partial charge in [0.25, 0.3) is 0 Å². The van der Waals surface area contributed by atoms with Crippen LogP contribution in [0.3, 0.4) is 0 Å². The quantitative estimate of drug-likeness (QED) is 0.498. The van der Waals surface area contributed by atoms with Gasteiger partial charge in [0.1, 0.15) is 0 Å². The average molecular weight is 127 g/mol. The van der Waals surface area contributed by atoms with E-state index in [4.69, 9.17) is 4.74 Å². The van der Waals surface area contributed by atoms with Crippen molar-refractivity contribution in [3.63, 3.8) is 0 Å². The first-order chi connectivity index (χ1) is 4.36. The second-order valence-corrected chi connectivity index (χ2v) is 3.28. The molecule has 9 heavy (non-hydrogen) atoms. The zero-order valence-corrected chi connectivity index (χ0v) is 5.84. The van der Waals surface area contributed by atoms with Gasteiger partial charge in [-0.3, -0.25) is 0 Å². The van der Waals surface area contributed by atoms with Crippen LogP contribution in [0.4, 0.5) is 0 Å². The second-order valence-electron chi connectivity index (χ2n) is 3.28. The molecule has 0 aliphatic carbocycles.